The molecule has 0 aromatic heterocycles. The molecule has 0 fully saturated rings. The van der Waals surface area contributed by atoms with Crippen LogP contribution in [0.3, 0.4) is 0 Å². The summed E-state index contributed by atoms with van der Waals surface area (Å²) in [6, 6.07) is 19.4. The number of hydrogen-bond donors (Lipinski definition) is 2. The zero-order valence-corrected chi connectivity index (χ0v) is 13.8. The molecule has 0 spiro atoms. The molecule has 2 aromatic rings. The third-order valence-electron chi connectivity index (χ3n) is 3.87. The Bertz CT molecular complexity index is 582. The van der Waals surface area contributed by atoms with Crippen molar-refractivity contribution in [2.75, 3.05) is 25.0 Å². The van der Waals surface area contributed by atoms with Crippen molar-refractivity contribution in [3.05, 3.63) is 66.2 Å². The first-order valence-electron chi connectivity index (χ1n) is 8.12. The lowest BCUT2D eigenvalue weighted by Gasteiger charge is -2.26. The summed E-state index contributed by atoms with van der Waals surface area (Å²) in [7, 11) is 0. The lowest BCUT2D eigenvalue weighted by Crippen LogP contribution is -2.39. The van der Waals surface area contributed by atoms with E-state index in [9.17, 15) is 4.79 Å². The average molecular weight is 311 g/mol. The Balaban J connectivity index is 2.06. The Morgan fingerprint density at radius 3 is 2.09 bits per heavy atom. The second kappa shape index (κ2) is 8.96. The second-order valence-corrected chi connectivity index (χ2v) is 5.41. The van der Waals surface area contributed by atoms with Gasteiger partial charge in [0.05, 0.1) is 6.04 Å². The van der Waals surface area contributed by atoms with Crippen molar-refractivity contribution in [2.45, 2.75) is 19.9 Å². The van der Waals surface area contributed by atoms with Crippen LogP contribution in [0.25, 0.3) is 0 Å². The first-order valence-corrected chi connectivity index (χ1v) is 8.12. The number of para-hydroxylation sites is 1. The van der Waals surface area contributed by atoms with Gasteiger partial charge in [0.1, 0.15) is 0 Å². The molecule has 0 aliphatic carbocycles. The van der Waals surface area contributed by atoms with E-state index in [0.717, 1.165) is 30.9 Å². The van der Waals surface area contributed by atoms with E-state index in [2.05, 4.69) is 41.5 Å². The number of anilines is 1. The molecular weight excluding hydrogens is 286 g/mol. The van der Waals surface area contributed by atoms with E-state index in [-0.39, 0.29) is 12.1 Å². The molecular formula is C19H25N3O. The molecule has 1 atom stereocenters. The van der Waals surface area contributed by atoms with Crippen LogP contribution in [0.4, 0.5) is 10.5 Å². The van der Waals surface area contributed by atoms with Crippen molar-refractivity contribution in [2.24, 2.45) is 0 Å². The summed E-state index contributed by atoms with van der Waals surface area (Å²) in [6.45, 7) is 6.98. The minimum atomic E-state index is -0.183. The van der Waals surface area contributed by atoms with Gasteiger partial charge in [0.2, 0.25) is 0 Å². The molecule has 4 heteroatoms. The van der Waals surface area contributed by atoms with E-state index in [1.54, 1.807) is 0 Å². The van der Waals surface area contributed by atoms with Crippen molar-refractivity contribution in [1.82, 2.24) is 10.2 Å². The van der Waals surface area contributed by atoms with E-state index >= 15 is 0 Å². The quantitative estimate of drug-likeness (QED) is 0.815. The van der Waals surface area contributed by atoms with Crippen LogP contribution in [0, 0.1) is 0 Å². The van der Waals surface area contributed by atoms with Gasteiger partial charge < -0.3 is 15.5 Å². The van der Waals surface area contributed by atoms with Crippen LogP contribution in [-0.2, 0) is 0 Å². The summed E-state index contributed by atoms with van der Waals surface area (Å²) in [5.41, 5.74) is 1.90. The predicted molar refractivity (Wildman–Crippen MR) is 95.6 cm³/mol. The molecule has 2 rings (SSSR count). The Morgan fingerprint density at radius 1 is 0.957 bits per heavy atom. The number of nitrogens with zero attached hydrogens (tertiary/aromatic N) is 1. The molecule has 0 aliphatic rings. The van der Waals surface area contributed by atoms with Crippen molar-refractivity contribution in [3.8, 4) is 0 Å². The van der Waals surface area contributed by atoms with Gasteiger partial charge in [-0.2, -0.15) is 0 Å². The molecule has 1 unspecified atom stereocenters. The van der Waals surface area contributed by atoms with Crippen LogP contribution >= 0.6 is 0 Å². The molecule has 0 aliphatic heterocycles. The number of rotatable bonds is 7. The summed E-state index contributed by atoms with van der Waals surface area (Å²) in [5, 5.41) is 5.97. The van der Waals surface area contributed by atoms with E-state index in [0.29, 0.717) is 0 Å². The Morgan fingerprint density at radius 2 is 1.52 bits per heavy atom. The third-order valence-corrected chi connectivity index (χ3v) is 3.87. The Kier molecular flexibility index (Phi) is 6.63. The van der Waals surface area contributed by atoms with Crippen molar-refractivity contribution in [1.29, 1.82) is 0 Å². The number of benzene rings is 2. The standard InChI is InChI=1S/C19H25N3O/c1-3-22(4-2)15-18(16-11-7-5-8-12-16)21-19(23)20-17-13-9-6-10-14-17/h5-14,18H,3-4,15H2,1-2H3,(H2,20,21,23). The summed E-state index contributed by atoms with van der Waals surface area (Å²) in [4.78, 5) is 14.6. The highest BCUT2D eigenvalue weighted by atomic mass is 16.2. The van der Waals surface area contributed by atoms with Gasteiger partial charge in [-0.25, -0.2) is 4.79 Å². The zero-order chi connectivity index (χ0) is 16.5. The SMILES string of the molecule is CCN(CC)CC(NC(=O)Nc1ccccc1)c1ccccc1. The van der Waals surface area contributed by atoms with Crippen LogP contribution < -0.4 is 10.6 Å². The first kappa shape index (κ1) is 17.0. The van der Waals surface area contributed by atoms with E-state index in [1.807, 2.05) is 48.5 Å². The topological polar surface area (TPSA) is 44.4 Å². The zero-order valence-electron chi connectivity index (χ0n) is 13.8. The van der Waals surface area contributed by atoms with E-state index < -0.39 is 0 Å². The molecule has 23 heavy (non-hydrogen) atoms. The maximum Gasteiger partial charge on any atom is 0.319 e. The predicted octanol–water partition coefficient (Wildman–Crippen LogP) is 3.89. The smallest absolute Gasteiger partial charge is 0.319 e. The van der Waals surface area contributed by atoms with Crippen LogP contribution in [0.2, 0.25) is 0 Å². The maximum atomic E-state index is 12.3. The number of amides is 2. The molecule has 0 saturated carbocycles. The van der Waals surface area contributed by atoms with Gasteiger partial charge in [0.15, 0.2) is 0 Å². The monoisotopic (exact) mass is 311 g/mol. The van der Waals surface area contributed by atoms with Crippen LogP contribution in [0.1, 0.15) is 25.5 Å². The van der Waals surface area contributed by atoms with Gasteiger partial charge in [-0.3, -0.25) is 0 Å². The minimum Gasteiger partial charge on any atom is -0.330 e. The highest BCUT2D eigenvalue weighted by molar-refractivity contribution is 5.89. The fourth-order valence-corrected chi connectivity index (χ4v) is 2.51. The fraction of sp³-hybridized carbons (Fsp3) is 0.316. The molecule has 122 valence electrons. The van der Waals surface area contributed by atoms with Crippen molar-refractivity contribution in [3.63, 3.8) is 0 Å². The highest BCUT2D eigenvalue weighted by Crippen LogP contribution is 2.15. The van der Waals surface area contributed by atoms with E-state index in [1.165, 1.54) is 0 Å². The maximum absolute atomic E-state index is 12.3. The van der Waals surface area contributed by atoms with Crippen molar-refractivity contribution < 1.29 is 4.79 Å². The van der Waals surface area contributed by atoms with Gasteiger partial charge in [-0.15, -0.1) is 0 Å². The van der Waals surface area contributed by atoms with Gasteiger partial charge in [0.25, 0.3) is 0 Å². The normalized spacial score (nSPS) is 12.0. The summed E-state index contributed by atoms with van der Waals surface area (Å²) >= 11 is 0. The third kappa shape index (κ3) is 5.42. The largest absolute Gasteiger partial charge is 0.330 e. The van der Waals surface area contributed by atoms with Crippen molar-refractivity contribution >= 4 is 11.7 Å². The molecule has 0 heterocycles. The van der Waals surface area contributed by atoms with E-state index in [4.69, 9.17) is 0 Å². The number of nitrogens with one attached hydrogen (secondary N) is 2. The number of carbonyl (C=O) groups excluding carboxylic acids is 1. The lowest BCUT2D eigenvalue weighted by molar-refractivity contribution is 0.235. The summed E-state index contributed by atoms with van der Waals surface area (Å²) in [6.07, 6.45) is 0. The van der Waals surface area contributed by atoms with Gasteiger partial charge in [-0.1, -0.05) is 62.4 Å². The van der Waals surface area contributed by atoms with Crippen LogP contribution in [-0.4, -0.2) is 30.6 Å². The molecule has 0 bridgehead atoms. The van der Waals surface area contributed by atoms with Crippen LogP contribution in [0.5, 0.6) is 0 Å². The molecule has 2 N–H and O–H groups in total. The van der Waals surface area contributed by atoms with Crippen LogP contribution in [0.15, 0.2) is 60.7 Å². The highest BCUT2D eigenvalue weighted by Gasteiger charge is 2.17. The Hall–Kier alpha value is -2.33. The molecule has 2 aromatic carbocycles. The number of carbonyl (C=O) groups is 1. The van der Waals surface area contributed by atoms with Gasteiger partial charge in [0, 0.05) is 12.2 Å². The number of urea groups is 1. The fourth-order valence-electron chi connectivity index (χ4n) is 2.51. The number of likely N-dealkylation sites (N-methyl/N-ethyl adjacent to an activating group) is 1. The lowest BCUT2D eigenvalue weighted by atomic mass is 10.1. The second-order valence-electron chi connectivity index (χ2n) is 5.41. The summed E-state index contributed by atoms with van der Waals surface area (Å²) < 4.78 is 0. The molecule has 2 amide bonds. The number of hydrogen-bond acceptors (Lipinski definition) is 2. The van der Waals surface area contributed by atoms with Gasteiger partial charge >= 0.3 is 6.03 Å². The molecule has 0 saturated heterocycles. The molecule has 4 nitrogen and oxygen atoms in total. The first-order chi connectivity index (χ1) is 11.2. The Labute approximate surface area is 138 Å². The summed E-state index contributed by atoms with van der Waals surface area (Å²) in [5.74, 6) is 0. The average Bonchev–Trinajstić information content (AvgIpc) is 2.60. The van der Waals surface area contributed by atoms with Gasteiger partial charge in [-0.05, 0) is 30.8 Å². The minimum absolute atomic E-state index is 0.0418. The molecule has 0 radical (unpaired) electrons.